The van der Waals surface area contributed by atoms with Gasteiger partial charge in [0.1, 0.15) is 6.04 Å². The van der Waals surface area contributed by atoms with E-state index in [9.17, 15) is 4.79 Å². The van der Waals surface area contributed by atoms with Crippen molar-refractivity contribution >= 4 is 5.97 Å². The molecule has 0 amide bonds. The van der Waals surface area contributed by atoms with Crippen LogP contribution in [0.25, 0.3) is 0 Å². The molecule has 1 aliphatic heterocycles. The van der Waals surface area contributed by atoms with Crippen LogP contribution in [0.4, 0.5) is 0 Å². The lowest BCUT2D eigenvalue weighted by Gasteiger charge is -2.36. The molecule has 0 aliphatic carbocycles. The molecular formula is C15H30N2O2. The van der Waals surface area contributed by atoms with E-state index in [1.54, 1.807) is 0 Å². The summed E-state index contributed by atoms with van der Waals surface area (Å²) in [7, 11) is 0. The van der Waals surface area contributed by atoms with Gasteiger partial charge in [0.05, 0.1) is 6.61 Å². The number of hydrogen-bond acceptors (Lipinski definition) is 4. The van der Waals surface area contributed by atoms with E-state index in [1.807, 2.05) is 6.92 Å². The third-order valence-corrected chi connectivity index (χ3v) is 3.95. The minimum absolute atomic E-state index is 0.0694. The molecule has 4 nitrogen and oxygen atoms in total. The summed E-state index contributed by atoms with van der Waals surface area (Å²) in [6.45, 7) is 10.5. The summed E-state index contributed by atoms with van der Waals surface area (Å²) in [4.78, 5) is 14.3. The Morgan fingerprint density at radius 3 is 2.84 bits per heavy atom. The van der Waals surface area contributed by atoms with Gasteiger partial charge in [-0.15, -0.1) is 0 Å². The second-order valence-corrected chi connectivity index (χ2v) is 5.38. The highest BCUT2D eigenvalue weighted by atomic mass is 16.5. The Hall–Kier alpha value is -0.610. The van der Waals surface area contributed by atoms with Crippen LogP contribution >= 0.6 is 0 Å². The maximum Gasteiger partial charge on any atom is 0.324 e. The van der Waals surface area contributed by atoms with Gasteiger partial charge in [-0.05, 0) is 19.3 Å². The lowest BCUT2D eigenvalue weighted by atomic mass is 9.97. The number of carbonyl (C=O) groups is 1. The van der Waals surface area contributed by atoms with E-state index in [4.69, 9.17) is 4.74 Å². The first-order valence-electron chi connectivity index (χ1n) is 7.84. The molecule has 4 heteroatoms. The highest BCUT2D eigenvalue weighted by Crippen LogP contribution is 2.17. The predicted octanol–water partition coefficient (Wildman–Crippen LogP) is 2.04. The fourth-order valence-corrected chi connectivity index (χ4v) is 2.68. The largest absolute Gasteiger partial charge is 0.465 e. The molecule has 0 radical (unpaired) electrons. The van der Waals surface area contributed by atoms with Gasteiger partial charge in [0.2, 0.25) is 0 Å². The zero-order valence-corrected chi connectivity index (χ0v) is 12.8. The normalized spacial score (nSPS) is 22.2. The quantitative estimate of drug-likeness (QED) is 0.685. The van der Waals surface area contributed by atoms with Crippen LogP contribution in [-0.4, -0.2) is 49.7 Å². The highest BCUT2D eigenvalue weighted by molar-refractivity contribution is 5.76. The lowest BCUT2D eigenvalue weighted by Crippen LogP contribution is -2.56. The van der Waals surface area contributed by atoms with Crippen molar-refractivity contribution in [2.24, 2.45) is 5.92 Å². The molecule has 1 heterocycles. The monoisotopic (exact) mass is 270 g/mol. The van der Waals surface area contributed by atoms with Crippen LogP contribution in [0.5, 0.6) is 0 Å². The molecule has 0 aromatic rings. The average molecular weight is 270 g/mol. The first-order chi connectivity index (χ1) is 9.22. The molecule has 0 saturated carbocycles. The van der Waals surface area contributed by atoms with E-state index in [0.29, 0.717) is 12.5 Å². The van der Waals surface area contributed by atoms with Crippen molar-refractivity contribution in [3.63, 3.8) is 0 Å². The molecule has 19 heavy (non-hydrogen) atoms. The fraction of sp³-hybridized carbons (Fsp3) is 0.933. The molecule has 1 fully saturated rings. The van der Waals surface area contributed by atoms with Crippen LogP contribution in [0.2, 0.25) is 0 Å². The van der Waals surface area contributed by atoms with Gasteiger partial charge in [-0.3, -0.25) is 9.69 Å². The van der Waals surface area contributed by atoms with Crippen molar-refractivity contribution in [1.82, 2.24) is 10.2 Å². The van der Waals surface area contributed by atoms with E-state index < -0.39 is 0 Å². The third-order valence-electron chi connectivity index (χ3n) is 3.95. The number of rotatable bonds is 8. The Labute approximate surface area is 117 Å². The highest BCUT2D eigenvalue weighted by Gasteiger charge is 2.30. The van der Waals surface area contributed by atoms with Gasteiger partial charge < -0.3 is 10.1 Å². The number of nitrogens with zero attached hydrogens (tertiary/aromatic N) is 1. The zero-order chi connectivity index (χ0) is 14.1. The minimum Gasteiger partial charge on any atom is -0.465 e. The van der Waals surface area contributed by atoms with E-state index >= 15 is 0 Å². The van der Waals surface area contributed by atoms with Gasteiger partial charge in [0.15, 0.2) is 0 Å². The topological polar surface area (TPSA) is 41.6 Å². The summed E-state index contributed by atoms with van der Waals surface area (Å²) in [6, 6.07) is -0.0932. The Kier molecular flexibility index (Phi) is 8.07. The first kappa shape index (κ1) is 16.4. The van der Waals surface area contributed by atoms with Gasteiger partial charge in [-0.2, -0.15) is 0 Å². The summed E-state index contributed by atoms with van der Waals surface area (Å²) < 4.78 is 5.19. The lowest BCUT2D eigenvalue weighted by molar-refractivity contribution is -0.150. The van der Waals surface area contributed by atoms with Crippen molar-refractivity contribution in [2.45, 2.75) is 52.5 Å². The standard InChI is InChI=1S/C15H30N2O2/c1-4-7-8-13(5-2)12-17-10-9-16-11-14(17)15(18)19-6-3/h13-14,16H,4-12H2,1-3H3. The number of ether oxygens (including phenoxy) is 1. The molecule has 1 rings (SSSR count). The molecule has 0 aromatic carbocycles. The van der Waals surface area contributed by atoms with Crippen LogP contribution in [0.3, 0.4) is 0 Å². The molecule has 0 spiro atoms. The summed E-state index contributed by atoms with van der Waals surface area (Å²) in [5.74, 6) is 0.634. The fourth-order valence-electron chi connectivity index (χ4n) is 2.68. The Morgan fingerprint density at radius 2 is 2.21 bits per heavy atom. The third kappa shape index (κ3) is 5.49. The Morgan fingerprint density at radius 1 is 1.42 bits per heavy atom. The van der Waals surface area contributed by atoms with Crippen molar-refractivity contribution in [1.29, 1.82) is 0 Å². The summed E-state index contributed by atoms with van der Waals surface area (Å²) >= 11 is 0. The molecule has 112 valence electrons. The number of carbonyl (C=O) groups excluding carboxylic acids is 1. The van der Waals surface area contributed by atoms with Crippen LogP contribution in [-0.2, 0) is 9.53 Å². The average Bonchev–Trinajstić information content (AvgIpc) is 2.44. The van der Waals surface area contributed by atoms with Gasteiger partial charge in [-0.1, -0.05) is 33.1 Å². The molecule has 1 N–H and O–H groups in total. The molecule has 0 bridgehead atoms. The molecule has 1 saturated heterocycles. The summed E-state index contributed by atoms with van der Waals surface area (Å²) in [6.07, 6.45) is 5.00. The molecular weight excluding hydrogens is 240 g/mol. The second kappa shape index (κ2) is 9.32. The van der Waals surface area contributed by atoms with Gasteiger partial charge >= 0.3 is 5.97 Å². The van der Waals surface area contributed by atoms with Crippen LogP contribution in [0.15, 0.2) is 0 Å². The Bertz CT molecular complexity index is 259. The molecule has 2 atom stereocenters. The Balaban J connectivity index is 2.52. The zero-order valence-electron chi connectivity index (χ0n) is 12.8. The number of nitrogens with one attached hydrogen (secondary N) is 1. The van der Waals surface area contributed by atoms with Crippen LogP contribution < -0.4 is 5.32 Å². The molecule has 1 aliphatic rings. The van der Waals surface area contributed by atoms with Crippen molar-refractivity contribution in [2.75, 3.05) is 32.8 Å². The van der Waals surface area contributed by atoms with E-state index in [2.05, 4.69) is 24.1 Å². The molecule has 0 aromatic heterocycles. The second-order valence-electron chi connectivity index (χ2n) is 5.38. The molecule has 2 unspecified atom stereocenters. The van der Waals surface area contributed by atoms with E-state index in [1.165, 1.54) is 25.7 Å². The van der Waals surface area contributed by atoms with Gasteiger partial charge in [0.25, 0.3) is 0 Å². The maximum atomic E-state index is 12.0. The number of unbranched alkanes of at least 4 members (excludes halogenated alkanes) is 1. The minimum atomic E-state index is -0.0932. The number of esters is 1. The first-order valence-corrected chi connectivity index (χ1v) is 7.84. The predicted molar refractivity (Wildman–Crippen MR) is 78.2 cm³/mol. The van der Waals surface area contributed by atoms with Crippen molar-refractivity contribution in [3.8, 4) is 0 Å². The summed E-state index contributed by atoms with van der Waals surface area (Å²) in [5.41, 5.74) is 0. The summed E-state index contributed by atoms with van der Waals surface area (Å²) in [5, 5.41) is 3.30. The van der Waals surface area contributed by atoms with Crippen LogP contribution in [0, 0.1) is 5.92 Å². The van der Waals surface area contributed by atoms with E-state index in [0.717, 1.165) is 26.2 Å². The van der Waals surface area contributed by atoms with Crippen molar-refractivity contribution < 1.29 is 9.53 Å². The SMILES string of the molecule is CCCCC(CC)CN1CCNCC1C(=O)OCC. The van der Waals surface area contributed by atoms with E-state index in [-0.39, 0.29) is 12.0 Å². The van der Waals surface area contributed by atoms with Crippen LogP contribution in [0.1, 0.15) is 46.5 Å². The number of piperazine rings is 1. The van der Waals surface area contributed by atoms with Gasteiger partial charge in [0, 0.05) is 26.2 Å². The van der Waals surface area contributed by atoms with Crippen molar-refractivity contribution in [3.05, 3.63) is 0 Å². The smallest absolute Gasteiger partial charge is 0.324 e. The number of hydrogen-bond donors (Lipinski definition) is 1. The van der Waals surface area contributed by atoms with Gasteiger partial charge in [-0.25, -0.2) is 0 Å². The maximum absolute atomic E-state index is 12.0.